The van der Waals surface area contributed by atoms with Crippen molar-refractivity contribution >= 4 is 38.5 Å². The highest BCUT2D eigenvalue weighted by molar-refractivity contribution is 14.1. The van der Waals surface area contributed by atoms with E-state index in [2.05, 4.69) is 38.5 Å². The molecule has 0 nitrogen and oxygen atoms in total. The molecule has 0 aromatic heterocycles. The zero-order valence-electron chi connectivity index (χ0n) is 8.93. The van der Waals surface area contributed by atoms with Crippen LogP contribution in [0, 0.1) is 21.0 Å². The predicted octanol–water partition coefficient (Wildman–Crippen LogP) is 5.19. The van der Waals surface area contributed by atoms with Gasteiger partial charge in [-0.15, -0.1) is 0 Å². The van der Waals surface area contributed by atoms with Crippen LogP contribution >= 0.6 is 38.5 Å². The molecule has 0 aliphatic carbocycles. The summed E-state index contributed by atoms with van der Waals surface area (Å²) in [5.41, 5.74) is 0.525. The van der Waals surface area contributed by atoms with Crippen molar-refractivity contribution < 1.29 is 13.2 Å². The Labute approximate surface area is 124 Å². The Hall–Kier alpha value is -0.560. The third-order valence-corrected chi connectivity index (χ3v) is 4.17. The van der Waals surface area contributed by atoms with E-state index in [0.29, 0.717) is 17.7 Å². The van der Waals surface area contributed by atoms with Crippen molar-refractivity contribution in [2.45, 2.75) is 4.83 Å². The lowest BCUT2D eigenvalue weighted by molar-refractivity contribution is 0.527. The second-order valence-electron chi connectivity index (χ2n) is 3.70. The predicted molar refractivity (Wildman–Crippen MR) is 76.2 cm³/mol. The van der Waals surface area contributed by atoms with Gasteiger partial charge in [0.25, 0.3) is 0 Å². The monoisotopic (exact) mass is 426 g/mol. The number of hydrogen-bond donors (Lipinski definition) is 0. The van der Waals surface area contributed by atoms with Crippen LogP contribution in [0.5, 0.6) is 0 Å². The van der Waals surface area contributed by atoms with Crippen molar-refractivity contribution in [2.24, 2.45) is 0 Å². The van der Waals surface area contributed by atoms with Crippen molar-refractivity contribution in [3.05, 3.63) is 68.5 Å². The number of hydrogen-bond acceptors (Lipinski definition) is 0. The smallest absolute Gasteiger partial charge is 0.133 e. The summed E-state index contributed by atoms with van der Waals surface area (Å²) >= 11 is 5.38. The molecule has 0 amide bonds. The van der Waals surface area contributed by atoms with E-state index in [1.54, 1.807) is 12.1 Å². The maximum atomic E-state index is 13.6. The van der Waals surface area contributed by atoms with Crippen LogP contribution in [-0.4, -0.2) is 0 Å². The third kappa shape index (κ3) is 2.88. The quantitative estimate of drug-likeness (QED) is 0.457. The van der Waals surface area contributed by atoms with Gasteiger partial charge >= 0.3 is 0 Å². The van der Waals surface area contributed by atoms with Crippen LogP contribution in [0.1, 0.15) is 16.0 Å². The lowest BCUT2D eigenvalue weighted by atomic mass is 10.0. The van der Waals surface area contributed by atoms with Crippen molar-refractivity contribution in [2.75, 3.05) is 0 Å². The highest BCUT2D eigenvalue weighted by atomic mass is 127. The molecule has 5 heteroatoms. The van der Waals surface area contributed by atoms with Crippen LogP contribution < -0.4 is 0 Å². The third-order valence-electron chi connectivity index (χ3n) is 2.46. The minimum absolute atomic E-state index is 0.183. The molecule has 0 bridgehead atoms. The maximum absolute atomic E-state index is 13.6. The van der Waals surface area contributed by atoms with E-state index in [1.165, 1.54) is 0 Å². The van der Waals surface area contributed by atoms with Gasteiger partial charge in [0.05, 0.1) is 4.83 Å². The molecule has 18 heavy (non-hydrogen) atoms. The van der Waals surface area contributed by atoms with Gasteiger partial charge in [-0.2, -0.15) is 0 Å². The van der Waals surface area contributed by atoms with E-state index in [4.69, 9.17) is 0 Å². The molecule has 0 fully saturated rings. The molecule has 0 radical (unpaired) electrons. The molecule has 0 aliphatic rings. The van der Waals surface area contributed by atoms with Crippen LogP contribution in [0.2, 0.25) is 0 Å². The van der Waals surface area contributed by atoms with Gasteiger partial charge in [-0.25, -0.2) is 13.2 Å². The Kier molecular flexibility index (Phi) is 4.32. The highest BCUT2D eigenvalue weighted by Crippen LogP contribution is 2.34. The minimum atomic E-state index is -0.920. The molecule has 0 spiro atoms. The lowest BCUT2D eigenvalue weighted by Crippen LogP contribution is -2.01. The molecule has 0 N–H and O–H groups in total. The van der Waals surface area contributed by atoms with E-state index in [1.807, 2.05) is 12.1 Å². The Bertz CT molecular complexity index is 546. The zero-order valence-corrected chi connectivity index (χ0v) is 12.7. The zero-order chi connectivity index (χ0) is 13.3. The fourth-order valence-electron chi connectivity index (χ4n) is 1.59. The minimum Gasteiger partial charge on any atom is -0.207 e. The second-order valence-corrected chi connectivity index (χ2v) is 5.86. The van der Waals surface area contributed by atoms with Gasteiger partial charge in [0, 0.05) is 21.3 Å². The highest BCUT2D eigenvalue weighted by Gasteiger charge is 2.20. The van der Waals surface area contributed by atoms with Crippen LogP contribution in [0.4, 0.5) is 13.2 Å². The number of benzene rings is 2. The second kappa shape index (κ2) is 5.61. The normalized spacial score (nSPS) is 12.5. The molecule has 2 aromatic carbocycles. The van der Waals surface area contributed by atoms with Gasteiger partial charge in [0.15, 0.2) is 0 Å². The summed E-state index contributed by atoms with van der Waals surface area (Å²) < 4.78 is 41.1. The molecular weight excluding hydrogens is 420 g/mol. The summed E-state index contributed by atoms with van der Waals surface area (Å²) in [6.07, 6.45) is 0. The first-order chi connectivity index (χ1) is 8.49. The topological polar surface area (TPSA) is 0 Å². The van der Waals surface area contributed by atoms with E-state index < -0.39 is 22.3 Å². The Morgan fingerprint density at radius 1 is 0.944 bits per heavy atom. The summed E-state index contributed by atoms with van der Waals surface area (Å²) in [5.74, 6) is -2.71. The van der Waals surface area contributed by atoms with Crippen molar-refractivity contribution in [1.82, 2.24) is 0 Å². The van der Waals surface area contributed by atoms with Gasteiger partial charge in [-0.1, -0.05) is 28.1 Å². The van der Waals surface area contributed by atoms with E-state index in [9.17, 15) is 13.2 Å². The van der Waals surface area contributed by atoms with E-state index in [0.717, 1.165) is 3.57 Å². The van der Waals surface area contributed by atoms with Gasteiger partial charge in [0.1, 0.15) is 17.5 Å². The molecule has 0 saturated heterocycles. The number of halogens is 5. The molecule has 0 heterocycles. The fraction of sp³-hybridized carbons (Fsp3) is 0.0769. The maximum Gasteiger partial charge on any atom is 0.133 e. The summed E-state index contributed by atoms with van der Waals surface area (Å²) in [6, 6.07) is 8.57. The largest absolute Gasteiger partial charge is 0.207 e. The summed E-state index contributed by atoms with van der Waals surface area (Å²) in [6.45, 7) is 0. The van der Waals surface area contributed by atoms with Crippen LogP contribution in [0.25, 0.3) is 0 Å². The fourth-order valence-corrected chi connectivity index (χ4v) is 2.70. The first-order valence-electron chi connectivity index (χ1n) is 5.03. The van der Waals surface area contributed by atoms with Crippen LogP contribution in [-0.2, 0) is 0 Å². The average Bonchev–Trinajstić information content (AvgIpc) is 2.28. The molecule has 1 unspecified atom stereocenters. The van der Waals surface area contributed by atoms with Crippen LogP contribution in [0.15, 0.2) is 36.4 Å². The molecular formula is C13H7BrF3I. The van der Waals surface area contributed by atoms with Gasteiger partial charge in [-0.3, -0.25) is 0 Å². The lowest BCUT2D eigenvalue weighted by Gasteiger charge is -2.13. The molecule has 2 aromatic rings. The van der Waals surface area contributed by atoms with E-state index in [-0.39, 0.29) is 5.56 Å². The summed E-state index contributed by atoms with van der Waals surface area (Å²) in [4.78, 5) is -0.643. The molecule has 0 saturated carbocycles. The Balaban J connectivity index is 2.46. The molecule has 94 valence electrons. The first kappa shape index (κ1) is 13.9. The Morgan fingerprint density at radius 3 is 1.94 bits per heavy atom. The van der Waals surface area contributed by atoms with Crippen molar-refractivity contribution in [1.29, 1.82) is 0 Å². The molecule has 2 rings (SSSR count). The number of rotatable bonds is 2. The summed E-state index contributed by atoms with van der Waals surface area (Å²) in [5, 5.41) is 0. The van der Waals surface area contributed by atoms with Gasteiger partial charge < -0.3 is 0 Å². The summed E-state index contributed by atoms with van der Waals surface area (Å²) in [7, 11) is 0. The van der Waals surface area contributed by atoms with Gasteiger partial charge in [0.2, 0.25) is 0 Å². The Morgan fingerprint density at radius 2 is 1.44 bits per heavy atom. The van der Waals surface area contributed by atoms with Crippen molar-refractivity contribution in [3.8, 4) is 0 Å². The van der Waals surface area contributed by atoms with Crippen molar-refractivity contribution in [3.63, 3.8) is 0 Å². The molecule has 0 aliphatic heterocycles. The average molecular weight is 427 g/mol. The van der Waals surface area contributed by atoms with E-state index >= 15 is 0 Å². The standard InChI is InChI=1S/C13H7BrF3I/c14-13(7-1-3-9(18)4-2-7)12-10(16)5-8(15)6-11(12)17/h1-6,13H. The van der Waals surface area contributed by atoms with Crippen LogP contribution in [0.3, 0.4) is 0 Å². The number of alkyl halides is 1. The SMILES string of the molecule is Fc1cc(F)c(C(Br)c2ccc(I)cc2)c(F)c1. The first-order valence-corrected chi connectivity index (χ1v) is 7.02. The van der Waals surface area contributed by atoms with Gasteiger partial charge in [-0.05, 0) is 40.3 Å². The molecule has 1 atom stereocenters.